The number of nitrogens with zero attached hydrogens (tertiary/aromatic N) is 2. The lowest BCUT2D eigenvalue weighted by Gasteiger charge is -2.11. The first-order valence-corrected chi connectivity index (χ1v) is 9.65. The molecule has 9 heteroatoms. The number of nitrogens with two attached hydrogens (primary N) is 1. The van der Waals surface area contributed by atoms with Gasteiger partial charge in [0.1, 0.15) is 5.75 Å². The van der Waals surface area contributed by atoms with E-state index in [1.54, 1.807) is 48.7 Å². The zero-order valence-electron chi connectivity index (χ0n) is 16.1. The van der Waals surface area contributed by atoms with Gasteiger partial charge in [0, 0.05) is 35.1 Å². The van der Waals surface area contributed by atoms with Crippen molar-refractivity contribution < 1.29 is 13.9 Å². The van der Waals surface area contributed by atoms with E-state index < -0.39 is 11.8 Å². The van der Waals surface area contributed by atoms with Gasteiger partial charge in [-0.1, -0.05) is 17.7 Å². The SMILES string of the molecule is NCc1cnc2ccc(Oc3ccc(NC(=O)Nc4cccc(Cl)c4)cc3F)cc2n1. The van der Waals surface area contributed by atoms with Crippen LogP contribution in [0.1, 0.15) is 5.69 Å². The van der Waals surface area contributed by atoms with Gasteiger partial charge in [0.05, 0.1) is 22.9 Å². The van der Waals surface area contributed by atoms with Crippen molar-refractivity contribution in [1.29, 1.82) is 0 Å². The van der Waals surface area contributed by atoms with Crippen LogP contribution in [0, 0.1) is 5.82 Å². The highest BCUT2D eigenvalue weighted by atomic mass is 35.5. The average molecular weight is 438 g/mol. The first-order chi connectivity index (χ1) is 15.0. The molecule has 4 N–H and O–H groups in total. The van der Waals surface area contributed by atoms with E-state index in [0.29, 0.717) is 33.2 Å². The third kappa shape index (κ3) is 5.06. The van der Waals surface area contributed by atoms with Crippen LogP contribution in [0.2, 0.25) is 5.02 Å². The molecule has 4 aromatic rings. The van der Waals surface area contributed by atoms with Crippen molar-refractivity contribution >= 4 is 40.0 Å². The Morgan fingerprint density at radius 3 is 2.58 bits per heavy atom. The molecule has 1 aromatic heterocycles. The van der Waals surface area contributed by atoms with Crippen molar-refractivity contribution in [3.8, 4) is 11.5 Å². The predicted octanol–water partition coefficient (Wildman–Crippen LogP) is 5.32. The summed E-state index contributed by atoms with van der Waals surface area (Å²) in [5.41, 5.74) is 8.29. The second-order valence-electron chi connectivity index (χ2n) is 6.55. The summed E-state index contributed by atoms with van der Waals surface area (Å²) < 4.78 is 20.2. The van der Waals surface area contributed by atoms with E-state index in [9.17, 15) is 9.18 Å². The number of carbonyl (C=O) groups is 1. The van der Waals surface area contributed by atoms with Gasteiger partial charge in [0.2, 0.25) is 0 Å². The monoisotopic (exact) mass is 437 g/mol. The van der Waals surface area contributed by atoms with Crippen LogP contribution in [-0.2, 0) is 6.54 Å². The summed E-state index contributed by atoms with van der Waals surface area (Å²) in [7, 11) is 0. The van der Waals surface area contributed by atoms with Crippen LogP contribution in [-0.4, -0.2) is 16.0 Å². The highest BCUT2D eigenvalue weighted by Crippen LogP contribution is 2.28. The van der Waals surface area contributed by atoms with Crippen molar-refractivity contribution in [1.82, 2.24) is 9.97 Å². The van der Waals surface area contributed by atoms with Gasteiger partial charge < -0.3 is 21.1 Å². The number of aromatic nitrogens is 2. The van der Waals surface area contributed by atoms with Crippen LogP contribution in [0.4, 0.5) is 20.6 Å². The number of rotatable bonds is 5. The first kappa shape index (κ1) is 20.5. The molecule has 0 aliphatic carbocycles. The topological polar surface area (TPSA) is 102 Å². The number of fused-ring (bicyclic) bond motifs is 1. The number of benzene rings is 3. The largest absolute Gasteiger partial charge is 0.454 e. The Bertz CT molecular complexity index is 1270. The predicted molar refractivity (Wildman–Crippen MR) is 118 cm³/mol. The van der Waals surface area contributed by atoms with E-state index >= 15 is 0 Å². The molecule has 1 heterocycles. The molecule has 0 unspecified atom stereocenters. The fraction of sp³-hybridized carbons (Fsp3) is 0.0455. The first-order valence-electron chi connectivity index (χ1n) is 9.27. The Hall–Kier alpha value is -3.75. The Morgan fingerprint density at radius 1 is 1.03 bits per heavy atom. The molecule has 0 aliphatic heterocycles. The molecule has 0 aliphatic rings. The maximum atomic E-state index is 14.5. The summed E-state index contributed by atoms with van der Waals surface area (Å²) in [5, 5.41) is 5.67. The summed E-state index contributed by atoms with van der Waals surface area (Å²) >= 11 is 5.89. The maximum Gasteiger partial charge on any atom is 0.323 e. The molecule has 0 radical (unpaired) electrons. The van der Waals surface area contributed by atoms with E-state index in [1.165, 1.54) is 18.2 Å². The highest BCUT2D eigenvalue weighted by Gasteiger charge is 2.10. The minimum Gasteiger partial charge on any atom is -0.454 e. The van der Waals surface area contributed by atoms with E-state index in [-0.39, 0.29) is 18.0 Å². The van der Waals surface area contributed by atoms with Crippen molar-refractivity contribution in [2.75, 3.05) is 10.6 Å². The molecule has 0 spiro atoms. The molecule has 31 heavy (non-hydrogen) atoms. The second-order valence-corrected chi connectivity index (χ2v) is 6.99. The highest BCUT2D eigenvalue weighted by molar-refractivity contribution is 6.30. The average Bonchev–Trinajstić information content (AvgIpc) is 2.75. The molecule has 7 nitrogen and oxygen atoms in total. The molecular weight excluding hydrogens is 421 g/mol. The number of anilines is 2. The minimum absolute atomic E-state index is 0.00286. The van der Waals surface area contributed by atoms with Gasteiger partial charge in [-0.2, -0.15) is 0 Å². The Balaban J connectivity index is 1.46. The number of carbonyl (C=O) groups excluding carboxylic acids is 1. The standard InChI is InChI=1S/C22H17ClFN5O2/c23-13-2-1-3-14(8-13)28-22(30)29-15-4-7-21(18(24)9-15)31-17-5-6-19-20(10-17)27-16(11-25)12-26-19/h1-10,12H,11,25H2,(H2,28,29,30). The van der Waals surface area contributed by atoms with Gasteiger partial charge in [-0.25, -0.2) is 14.2 Å². The molecule has 156 valence electrons. The number of ether oxygens (including phenoxy) is 1. The lowest BCUT2D eigenvalue weighted by molar-refractivity contribution is 0.262. The van der Waals surface area contributed by atoms with Crippen LogP contribution >= 0.6 is 11.6 Å². The van der Waals surface area contributed by atoms with Crippen molar-refractivity contribution in [2.45, 2.75) is 6.54 Å². The zero-order valence-corrected chi connectivity index (χ0v) is 16.9. The fourth-order valence-electron chi connectivity index (χ4n) is 2.84. The van der Waals surface area contributed by atoms with Crippen LogP contribution in [0.25, 0.3) is 11.0 Å². The van der Waals surface area contributed by atoms with Crippen molar-refractivity contribution in [3.63, 3.8) is 0 Å². The lowest BCUT2D eigenvalue weighted by Crippen LogP contribution is -2.19. The van der Waals surface area contributed by atoms with Gasteiger partial charge >= 0.3 is 6.03 Å². The molecule has 0 bridgehead atoms. The van der Waals surface area contributed by atoms with Gasteiger partial charge in [0.25, 0.3) is 0 Å². The summed E-state index contributed by atoms with van der Waals surface area (Å²) in [6.45, 7) is 0.266. The van der Waals surface area contributed by atoms with E-state index in [2.05, 4.69) is 20.6 Å². The lowest BCUT2D eigenvalue weighted by atomic mass is 10.2. The Labute approximate surface area is 182 Å². The molecule has 3 aromatic carbocycles. The number of urea groups is 1. The van der Waals surface area contributed by atoms with Crippen LogP contribution in [0.15, 0.2) is 66.9 Å². The van der Waals surface area contributed by atoms with Crippen LogP contribution < -0.4 is 21.1 Å². The van der Waals surface area contributed by atoms with E-state index in [1.807, 2.05) is 0 Å². The number of hydrogen-bond acceptors (Lipinski definition) is 5. The smallest absolute Gasteiger partial charge is 0.323 e. The second kappa shape index (κ2) is 8.95. The van der Waals surface area contributed by atoms with Gasteiger partial charge in [-0.15, -0.1) is 0 Å². The van der Waals surface area contributed by atoms with Crippen molar-refractivity contribution in [2.24, 2.45) is 5.73 Å². The molecular formula is C22H17ClFN5O2. The van der Waals surface area contributed by atoms with Crippen LogP contribution in [0.5, 0.6) is 11.5 Å². The minimum atomic E-state index is -0.637. The van der Waals surface area contributed by atoms with Gasteiger partial charge in [-0.3, -0.25) is 4.98 Å². The zero-order chi connectivity index (χ0) is 21.8. The van der Waals surface area contributed by atoms with Gasteiger partial charge in [0.15, 0.2) is 11.6 Å². The Kier molecular flexibility index (Phi) is 5.92. The number of amides is 2. The Morgan fingerprint density at radius 2 is 1.84 bits per heavy atom. The third-order valence-corrected chi connectivity index (χ3v) is 4.51. The number of halogens is 2. The summed E-state index contributed by atoms with van der Waals surface area (Å²) in [5.74, 6) is -0.236. The summed E-state index contributed by atoms with van der Waals surface area (Å²) in [4.78, 5) is 20.8. The summed E-state index contributed by atoms with van der Waals surface area (Å²) in [6, 6.07) is 15.3. The quantitative estimate of drug-likeness (QED) is 0.392. The normalized spacial score (nSPS) is 10.7. The maximum absolute atomic E-state index is 14.5. The molecule has 0 saturated heterocycles. The van der Waals surface area contributed by atoms with Crippen molar-refractivity contribution in [3.05, 3.63) is 83.4 Å². The third-order valence-electron chi connectivity index (χ3n) is 4.27. The number of nitrogens with one attached hydrogen (secondary N) is 2. The molecule has 0 atom stereocenters. The van der Waals surface area contributed by atoms with E-state index in [4.69, 9.17) is 22.1 Å². The fourth-order valence-corrected chi connectivity index (χ4v) is 3.03. The van der Waals surface area contributed by atoms with E-state index in [0.717, 1.165) is 0 Å². The van der Waals surface area contributed by atoms with Gasteiger partial charge in [-0.05, 0) is 42.5 Å². The summed E-state index contributed by atoms with van der Waals surface area (Å²) in [6.07, 6.45) is 1.61. The molecule has 2 amide bonds. The van der Waals surface area contributed by atoms with Crippen LogP contribution in [0.3, 0.4) is 0 Å². The molecule has 0 fully saturated rings. The molecule has 4 rings (SSSR count). The molecule has 0 saturated carbocycles. The number of hydrogen-bond donors (Lipinski definition) is 3.